The first-order chi connectivity index (χ1) is 8.86. The van der Waals surface area contributed by atoms with Crippen molar-refractivity contribution in [3.63, 3.8) is 0 Å². The molecule has 4 heteroatoms. The molecule has 0 bridgehead atoms. The zero-order valence-electron chi connectivity index (χ0n) is 10.2. The molecule has 2 aromatic heterocycles. The van der Waals surface area contributed by atoms with Crippen molar-refractivity contribution in [2.45, 2.75) is 19.3 Å². The van der Waals surface area contributed by atoms with Crippen LogP contribution in [0, 0.1) is 5.92 Å². The van der Waals surface area contributed by atoms with Gasteiger partial charge < -0.3 is 4.74 Å². The number of fused-ring (bicyclic) bond motifs is 1. The van der Waals surface area contributed by atoms with Gasteiger partial charge in [0.2, 0.25) is 0 Å². The van der Waals surface area contributed by atoms with Crippen LogP contribution in [-0.4, -0.2) is 28.9 Å². The second kappa shape index (κ2) is 4.90. The quantitative estimate of drug-likeness (QED) is 0.777. The van der Waals surface area contributed by atoms with Crippen LogP contribution in [0.3, 0.4) is 0 Å². The maximum atomic E-state index is 11.0. The molecular weight excluding hydrogens is 228 g/mol. The van der Waals surface area contributed by atoms with Gasteiger partial charge in [0.1, 0.15) is 5.65 Å². The molecule has 18 heavy (non-hydrogen) atoms. The number of rotatable bonds is 3. The summed E-state index contributed by atoms with van der Waals surface area (Å²) < 4.78 is 7.22. The van der Waals surface area contributed by atoms with Crippen LogP contribution in [0.25, 0.3) is 5.65 Å². The summed E-state index contributed by atoms with van der Waals surface area (Å²) in [5.41, 5.74) is 2.57. The van der Waals surface area contributed by atoms with Crippen molar-refractivity contribution < 1.29 is 9.53 Å². The third-order valence-electron chi connectivity index (χ3n) is 3.53. The Balaban J connectivity index is 1.86. The molecule has 3 rings (SSSR count). The summed E-state index contributed by atoms with van der Waals surface area (Å²) in [5, 5.41) is 0. The molecule has 0 saturated carbocycles. The van der Waals surface area contributed by atoms with Gasteiger partial charge in [-0.25, -0.2) is 4.98 Å². The van der Waals surface area contributed by atoms with Crippen molar-refractivity contribution in [1.29, 1.82) is 0 Å². The highest BCUT2D eigenvalue weighted by Gasteiger charge is 2.16. The first kappa shape index (κ1) is 11.4. The van der Waals surface area contributed by atoms with E-state index in [-0.39, 0.29) is 0 Å². The van der Waals surface area contributed by atoms with E-state index in [0.717, 1.165) is 50.1 Å². The molecule has 1 aliphatic rings. The molecule has 0 N–H and O–H groups in total. The van der Waals surface area contributed by atoms with E-state index in [2.05, 4.69) is 4.98 Å². The van der Waals surface area contributed by atoms with E-state index < -0.39 is 0 Å². The highest BCUT2D eigenvalue weighted by Crippen LogP contribution is 2.20. The van der Waals surface area contributed by atoms with Gasteiger partial charge in [0.05, 0.1) is 11.4 Å². The van der Waals surface area contributed by atoms with E-state index >= 15 is 0 Å². The van der Waals surface area contributed by atoms with Crippen LogP contribution in [0.5, 0.6) is 0 Å². The van der Waals surface area contributed by atoms with Gasteiger partial charge in [0.25, 0.3) is 0 Å². The number of carbonyl (C=O) groups is 1. The summed E-state index contributed by atoms with van der Waals surface area (Å²) in [6.07, 6.45) is 6.04. The normalized spacial score (nSPS) is 17.1. The molecule has 3 heterocycles. The summed E-state index contributed by atoms with van der Waals surface area (Å²) >= 11 is 0. The van der Waals surface area contributed by atoms with Gasteiger partial charge in [-0.15, -0.1) is 0 Å². The highest BCUT2D eigenvalue weighted by molar-refractivity contribution is 5.73. The van der Waals surface area contributed by atoms with Crippen LogP contribution < -0.4 is 0 Å². The number of hydrogen-bond acceptors (Lipinski definition) is 3. The van der Waals surface area contributed by atoms with Gasteiger partial charge in [-0.2, -0.15) is 0 Å². The smallest absolute Gasteiger partial charge is 0.166 e. The first-order valence-electron chi connectivity index (χ1n) is 6.37. The van der Waals surface area contributed by atoms with Gasteiger partial charge in [-0.05, 0) is 37.3 Å². The van der Waals surface area contributed by atoms with Crippen LogP contribution >= 0.6 is 0 Å². The van der Waals surface area contributed by atoms with Gasteiger partial charge in [0.15, 0.2) is 6.29 Å². The summed E-state index contributed by atoms with van der Waals surface area (Å²) in [6.45, 7) is 1.72. The third kappa shape index (κ3) is 2.16. The fraction of sp³-hybridized carbons (Fsp3) is 0.429. The predicted molar refractivity (Wildman–Crippen MR) is 67.8 cm³/mol. The number of nitrogens with zero attached hydrogens (tertiary/aromatic N) is 2. The number of aldehydes is 1. The Kier molecular flexibility index (Phi) is 3.11. The molecule has 1 fully saturated rings. The van der Waals surface area contributed by atoms with E-state index in [1.165, 1.54) is 0 Å². The number of hydrogen-bond donors (Lipinski definition) is 0. The lowest BCUT2D eigenvalue weighted by Gasteiger charge is -2.20. The average molecular weight is 244 g/mol. The molecule has 0 aromatic carbocycles. The minimum atomic E-state index is 0.651. The first-order valence-corrected chi connectivity index (χ1v) is 6.37. The Hall–Kier alpha value is -1.68. The van der Waals surface area contributed by atoms with E-state index in [4.69, 9.17) is 4.74 Å². The molecule has 1 aliphatic heterocycles. The van der Waals surface area contributed by atoms with Gasteiger partial charge in [-0.3, -0.25) is 9.20 Å². The molecule has 4 nitrogen and oxygen atoms in total. The Morgan fingerprint density at radius 1 is 1.39 bits per heavy atom. The van der Waals surface area contributed by atoms with Crippen LogP contribution in [0.4, 0.5) is 0 Å². The van der Waals surface area contributed by atoms with Gasteiger partial charge in [-0.1, -0.05) is 6.07 Å². The van der Waals surface area contributed by atoms with Crippen molar-refractivity contribution in [2.75, 3.05) is 13.2 Å². The molecular formula is C14H16N2O2. The monoisotopic (exact) mass is 244 g/mol. The van der Waals surface area contributed by atoms with Crippen molar-refractivity contribution in [3.8, 4) is 0 Å². The molecule has 0 unspecified atom stereocenters. The fourth-order valence-electron chi connectivity index (χ4n) is 2.52. The molecule has 0 radical (unpaired) electrons. The molecule has 0 atom stereocenters. The lowest BCUT2D eigenvalue weighted by molar-refractivity contribution is 0.0663. The lowest BCUT2D eigenvalue weighted by Crippen LogP contribution is -2.17. The average Bonchev–Trinajstić information content (AvgIpc) is 2.82. The van der Waals surface area contributed by atoms with E-state index in [1.807, 2.05) is 22.7 Å². The SMILES string of the molecule is O=Cc1cccc2nc(CC3CCOCC3)cn12. The lowest BCUT2D eigenvalue weighted by atomic mass is 9.95. The number of aromatic nitrogens is 2. The highest BCUT2D eigenvalue weighted by atomic mass is 16.5. The zero-order valence-corrected chi connectivity index (χ0v) is 10.2. The number of carbonyl (C=O) groups excluding carboxylic acids is 1. The standard InChI is InChI=1S/C14H16N2O2/c17-10-13-2-1-3-14-15-12(9-16(13)14)8-11-4-6-18-7-5-11/h1-3,9-11H,4-8H2. The minimum absolute atomic E-state index is 0.651. The van der Waals surface area contributed by atoms with Crippen LogP contribution in [0.2, 0.25) is 0 Å². The summed E-state index contributed by atoms with van der Waals surface area (Å²) in [5.74, 6) is 0.656. The molecule has 2 aromatic rings. The molecule has 0 spiro atoms. The third-order valence-corrected chi connectivity index (χ3v) is 3.53. The minimum Gasteiger partial charge on any atom is -0.381 e. The van der Waals surface area contributed by atoms with E-state index in [0.29, 0.717) is 11.6 Å². The maximum absolute atomic E-state index is 11.0. The largest absolute Gasteiger partial charge is 0.381 e. The van der Waals surface area contributed by atoms with Gasteiger partial charge >= 0.3 is 0 Å². The Labute approximate surface area is 106 Å². The zero-order chi connectivity index (χ0) is 12.4. The maximum Gasteiger partial charge on any atom is 0.166 e. The van der Waals surface area contributed by atoms with Crippen LogP contribution in [0.15, 0.2) is 24.4 Å². The molecule has 1 saturated heterocycles. The fourth-order valence-corrected chi connectivity index (χ4v) is 2.52. The van der Waals surface area contributed by atoms with Crippen molar-refractivity contribution in [1.82, 2.24) is 9.38 Å². The number of imidazole rings is 1. The Morgan fingerprint density at radius 3 is 3.00 bits per heavy atom. The van der Waals surface area contributed by atoms with Crippen LogP contribution in [-0.2, 0) is 11.2 Å². The van der Waals surface area contributed by atoms with Gasteiger partial charge in [0, 0.05) is 19.4 Å². The van der Waals surface area contributed by atoms with E-state index in [9.17, 15) is 4.79 Å². The Morgan fingerprint density at radius 2 is 2.22 bits per heavy atom. The molecule has 0 aliphatic carbocycles. The van der Waals surface area contributed by atoms with Crippen LogP contribution in [0.1, 0.15) is 29.0 Å². The predicted octanol–water partition coefficient (Wildman–Crippen LogP) is 2.12. The van der Waals surface area contributed by atoms with E-state index in [1.54, 1.807) is 6.07 Å². The second-order valence-electron chi connectivity index (χ2n) is 4.79. The second-order valence-corrected chi connectivity index (χ2v) is 4.79. The summed E-state index contributed by atoms with van der Waals surface area (Å²) in [7, 11) is 0. The van der Waals surface area contributed by atoms with Crippen molar-refractivity contribution in [3.05, 3.63) is 35.8 Å². The number of pyridine rings is 1. The summed E-state index contributed by atoms with van der Waals surface area (Å²) in [6, 6.07) is 5.60. The topological polar surface area (TPSA) is 43.6 Å². The van der Waals surface area contributed by atoms with Crippen molar-refractivity contribution >= 4 is 11.9 Å². The Bertz CT molecular complexity index is 556. The summed E-state index contributed by atoms with van der Waals surface area (Å²) in [4.78, 5) is 15.5. The van der Waals surface area contributed by atoms with Crippen molar-refractivity contribution in [2.24, 2.45) is 5.92 Å². The molecule has 94 valence electrons. The number of ether oxygens (including phenoxy) is 1. The molecule has 0 amide bonds.